The molecular weight excluding hydrogens is 250 g/mol. The first kappa shape index (κ1) is 12.6. The summed E-state index contributed by atoms with van der Waals surface area (Å²) in [6, 6.07) is 6.22. The van der Waals surface area contributed by atoms with Gasteiger partial charge in [0, 0.05) is 24.0 Å². The predicted octanol–water partition coefficient (Wildman–Crippen LogP) is 1.46. The second-order valence-electron chi connectivity index (χ2n) is 4.03. The van der Waals surface area contributed by atoms with Crippen molar-refractivity contribution >= 4 is 15.5 Å². The van der Waals surface area contributed by atoms with Gasteiger partial charge in [0.1, 0.15) is 0 Å². The van der Waals surface area contributed by atoms with Crippen LogP contribution in [0.5, 0.6) is 0 Å². The zero-order chi connectivity index (χ0) is 13.2. The molecule has 0 saturated heterocycles. The van der Waals surface area contributed by atoms with E-state index in [9.17, 15) is 8.42 Å². The van der Waals surface area contributed by atoms with Gasteiger partial charge in [-0.1, -0.05) is 0 Å². The van der Waals surface area contributed by atoms with Gasteiger partial charge in [0.2, 0.25) is 0 Å². The summed E-state index contributed by atoms with van der Waals surface area (Å²) < 4.78 is 26.0. The van der Waals surface area contributed by atoms with Crippen molar-refractivity contribution in [1.82, 2.24) is 9.78 Å². The van der Waals surface area contributed by atoms with Crippen LogP contribution in [0, 0.1) is 0 Å². The quantitative estimate of drug-likeness (QED) is 0.849. The molecule has 0 aliphatic heterocycles. The van der Waals surface area contributed by atoms with E-state index in [1.165, 1.54) is 12.1 Å². The van der Waals surface area contributed by atoms with Crippen LogP contribution in [0.2, 0.25) is 0 Å². The van der Waals surface area contributed by atoms with Crippen LogP contribution in [0.1, 0.15) is 12.5 Å². The molecule has 0 aliphatic rings. The second kappa shape index (κ2) is 4.81. The Morgan fingerprint density at radius 3 is 2.50 bits per heavy atom. The summed E-state index contributed by atoms with van der Waals surface area (Å²) in [6.45, 7) is 2.67. The number of nitrogens with zero attached hydrogens (tertiary/aromatic N) is 2. The Labute approximate surface area is 106 Å². The van der Waals surface area contributed by atoms with Gasteiger partial charge in [0.05, 0.1) is 16.8 Å². The van der Waals surface area contributed by atoms with Crippen molar-refractivity contribution in [3.63, 3.8) is 0 Å². The van der Waals surface area contributed by atoms with Crippen molar-refractivity contribution in [3.8, 4) is 0 Å². The molecule has 0 atom stereocenters. The Morgan fingerprint density at radius 2 is 1.94 bits per heavy atom. The first-order valence-electron chi connectivity index (χ1n) is 5.61. The molecule has 18 heavy (non-hydrogen) atoms. The number of benzene rings is 1. The van der Waals surface area contributed by atoms with Crippen molar-refractivity contribution in [3.05, 3.63) is 42.2 Å². The molecular formula is C12H15N3O2S. The van der Waals surface area contributed by atoms with E-state index in [1.54, 1.807) is 29.2 Å². The number of hydrogen-bond acceptors (Lipinski definition) is 4. The number of sulfone groups is 1. The van der Waals surface area contributed by atoms with E-state index in [0.29, 0.717) is 11.3 Å². The average Bonchev–Trinajstić information content (AvgIpc) is 2.76. The lowest BCUT2D eigenvalue weighted by Gasteiger charge is -2.03. The number of aryl methyl sites for hydroxylation is 1. The smallest absolute Gasteiger partial charge is 0.182 e. The second-order valence-corrected chi connectivity index (χ2v) is 6.02. The number of rotatable bonds is 4. The largest absolute Gasteiger partial charge is 0.399 e. The number of nitrogens with two attached hydrogens (primary N) is 1. The zero-order valence-electron chi connectivity index (χ0n) is 10.1. The number of hydrogen-bond donors (Lipinski definition) is 1. The van der Waals surface area contributed by atoms with Gasteiger partial charge < -0.3 is 5.73 Å². The van der Waals surface area contributed by atoms with Crippen molar-refractivity contribution in [1.29, 1.82) is 0 Å². The third kappa shape index (κ3) is 2.70. The van der Waals surface area contributed by atoms with Gasteiger partial charge in [-0.3, -0.25) is 4.68 Å². The highest BCUT2D eigenvalue weighted by atomic mass is 32.2. The highest BCUT2D eigenvalue weighted by Gasteiger charge is 2.16. The molecule has 0 spiro atoms. The van der Waals surface area contributed by atoms with Crippen LogP contribution in [0.4, 0.5) is 5.69 Å². The van der Waals surface area contributed by atoms with Crippen molar-refractivity contribution in [2.24, 2.45) is 0 Å². The van der Waals surface area contributed by atoms with E-state index in [-0.39, 0.29) is 10.6 Å². The van der Waals surface area contributed by atoms with Crippen LogP contribution in [-0.4, -0.2) is 18.2 Å². The summed E-state index contributed by atoms with van der Waals surface area (Å²) in [5.41, 5.74) is 6.77. The fraction of sp³-hybridized carbons (Fsp3) is 0.250. The fourth-order valence-electron chi connectivity index (χ4n) is 1.63. The Hall–Kier alpha value is -1.82. The summed E-state index contributed by atoms with van der Waals surface area (Å²) in [5.74, 6) is -0.0447. The molecule has 6 heteroatoms. The van der Waals surface area contributed by atoms with Gasteiger partial charge in [-0.2, -0.15) is 5.10 Å². The van der Waals surface area contributed by atoms with Crippen LogP contribution in [-0.2, 0) is 22.1 Å². The van der Waals surface area contributed by atoms with Gasteiger partial charge in [0.25, 0.3) is 0 Å². The molecule has 2 aromatic rings. The Balaban J connectivity index is 2.24. The van der Waals surface area contributed by atoms with Crippen LogP contribution in [0.25, 0.3) is 0 Å². The Morgan fingerprint density at radius 1 is 1.28 bits per heavy atom. The summed E-state index contributed by atoms with van der Waals surface area (Å²) in [5, 5.41) is 4.06. The molecule has 2 N–H and O–H groups in total. The lowest BCUT2D eigenvalue weighted by atomic mass is 10.3. The third-order valence-electron chi connectivity index (χ3n) is 2.61. The molecule has 0 fully saturated rings. The van der Waals surface area contributed by atoms with Gasteiger partial charge in [-0.15, -0.1) is 0 Å². The minimum atomic E-state index is -3.33. The van der Waals surface area contributed by atoms with Gasteiger partial charge >= 0.3 is 0 Å². The molecule has 0 amide bonds. The molecule has 96 valence electrons. The molecule has 0 unspecified atom stereocenters. The first-order chi connectivity index (χ1) is 8.51. The monoisotopic (exact) mass is 265 g/mol. The van der Waals surface area contributed by atoms with E-state index in [2.05, 4.69) is 5.10 Å². The van der Waals surface area contributed by atoms with E-state index in [1.807, 2.05) is 6.92 Å². The maximum Gasteiger partial charge on any atom is 0.182 e. The van der Waals surface area contributed by atoms with Gasteiger partial charge in [-0.05, 0) is 31.2 Å². The maximum absolute atomic E-state index is 12.1. The normalized spacial score (nSPS) is 11.6. The third-order valence-corrected chi connectivity index (χ3v) is 4.31. The minimum absolute atomic E-state index is 0.0447. The number of aromatic nitrogens is 2. The van der Waals surface area contributed by atoms with Crippen molar-refractivity contribution < 1.29 is 8.42 Å². The summed E-state index contributed by atoms with van der Waals surface area (Å²) >= 11 is 0. The predicted molar refractivity (Wildman–Crippen MR) is 69.6 cm³/mol. The van der Waals surface area contributed by atoms with Crippen LogP contribution >= 0.6 is 0 Å². The average molecular weight is 265 g/mol. The molecule has 1 aromatic carbocycles. The molecule has 0 bridgehead atoms. The number of anilines is 1. The van der Waals surface area contributed by atoms with Gasteiger partial charge in [-0.25, -0.2) is 8.42 Å². The molecule has 5 nitrogen and oxygen atoms in total. The Kier molecular flexibility index (Phi) is 3.38. The lowest BCUT2D eigenvalue weighted by molar-refractivity contribution is 0.595. The van der Waals surface area contributed by atoms with E-state index in [0.717, 1.165) is 6.54 Å². The molecule has 0 aliphatic carbocycles. The molecule has 0 saturated carbocycles. The summed E-state index contributed by atoms with van der Waals surface area (Å²) in [6.07, 6.45) is 3.33. The molecule has 2 rings (SSSR count). The fourth-order valence-corrected chi connectivity index (χ4v) is 2.94. The first-order valence-corrected chi connectivity index (χ1v) is 7.26. The molecule has 1 aromatic heterocycles. The topological polar surface area (TPSA) is 78.0 Å². The molecule has 1 heterocycles. The van der Waals surface area contributed by atoms with Crippen LogP contribution < -0.4 is 5.73 Å². The molecule has 0 radical (unpaired) electrons. The zero-order valence-corrected chi connectivity index (χ0v) is 10.9. The lowest BCUT2D eigenvalue weighted by Crippen LogP contribution is -2.04. The Bertz CT molecular complexity index is 630. The van der Waals surface area contributed by atoms with Crippen LogP contribution in [0.3, 0.4) is 0 Å². The van der Waals surface area contributed by atoms with E-state index >= 15 is 0 Å². The maximum atomic E-state index is 12.1. The van der Waals surface area contributed by atoms with Crippen molar-refractivity contribution in [2.75, 3.05) is 5.73 Å². The number of nitrogen functional groups attached to an aromatic ring is 1. The SMILES string of the molecule is CCn1cc(CS(=O)(=O)c2ccc(N)cc2)cn1. The van der Waals surface area contributed by atoms with E-state index in [4.69, 9.17) is 5.73 Å². The summed E-state index contributed by atoms with van der Waals surface area (Å²) in [4.78, 5) is 0.279. The standard InChI is InChI=1S/C12H15N3O2S/c1-2-15-8-10(7-14-15)9-18(16,17)12-5-3-11(13)4-6-12/h3-8H,2,9,13H2,1H3. The minimum Gasteiger partial charge on any atom is -0.399 e. The highest BCUT2D eigenvalue weighted by Crippen LogP contribution is 2.17. The summed E-state index contributed by atoms with van der Waals surface area (Å²) in [7, 11) is -3.33. The van der Waals surface area contributed by atoms with Gasteiger partial charge in [0.15, 0.2) is 9.84 Å². The van der Waals surface area contributed by atoms with E-state index < -0.39 is 9.84 Å². The highest BCUT2D eigenvalue weighted by molar-refractivity contribution is 7.90. The van der Waals surface area contributed by atoms with Crippen LogP contribution in [0.15, 0.2) is 41.6 Å². The van der Waals surface area contributed by atoms with Crippen molar-refractivity contribution in [2.45, 2.75) is 24.1 Å².